The number of benzene rings is 1. The SMILES string of the molecule is CN(C)c1nc(NC2CCC(NC(=O)c3ccc[nH]c3=S)CC2)nc2ccccc12. The van der Waals surface area contributed by atoms with E-state index in [9.17, 15) is 4.79 Å². The molecule has 3 aromatic rings. The van der Waals surface area contributed by atoms with Crippen molar-refractivity contribution in [3.8, 4) is 0 Å². The van der Waals surface area contributed by atoms with E-state index in [4.69, 9.17) is 22.2 Å². The molecule has 1 saturated carbocycles. The highest BCUT2D eigenvalue weighted by Gasteiger charge is 2.24. The van der Waals surface area contributed by atoms with E-state index in [-0.39, 0.29) is 18.0 Å². The number of rotatable bonds is 5. The highest BCUT2D eigenvalue weighted by molar-refractivity contribution is 7.71. The van der Waals surface area contributed by atoms with Crippen molar-refractivity contribution in [1.82, 2.24) is 20.3 Å². The zero-order valence-electron chi connectivity index (χ0n) is 17.2. The van der Waals surface area contributed by atoms with Gasteiger partial charge in [-0.2, -0.15) is 4.98 Å². The molecule has 1 aromatic carbocycles. The monoisotopic (exact) mass is 422 g/mol. The predicted octanol–water partition coefficient (Wildman–Crippen LogP) is 3.91. The minimum atomic E-state index is -0.109. The lowest BCUT2D eigenvalue weighted by Gasteiger charge is -2.30. The second-order valence-corrected chi connectivity index (χ2v) is 8.27. The number of aromatic nitrogens is 3. The summed E-state index contributed by atoms with van der Waals surface area (Å²) in [6, 6.07) is 12.0. The Morgan fingerprint density at radius 3 is 2.53 bits per heavy atom. The normalized spacial score (nSPS) is 18.7. The van der Waals surface area contributed by atoms with E-state index in [2.05, 4.69) is 15.6 Å². The zero-order valence-corrected chi connectivity index (χ0v) is 18.0. The molecule has 0 bridgehead atoms. The number of carbonyl (C=O) groups excluding carboxylic acids is 1. The summed E-state index contributed by atoms with van der Waals surface area (Å²) in [6.45, 7) is 0. The number of fused-ring (bicyclic) bond motifs is 1. The summed E-state index contributed by atoms with van der Waals surface area (Å²) < 4.78 is 0.468. The maximum atomic E-state index is 12.5. The fourth-order valence-electron chi connectivity index (χ4n) is 3.89. The highest BCUT2D eigenvalue weighted by atomic mass is 32.1. The number of para-hydroxylation sites is 1. The van der Waals surface area contributed by atoms with Crippen molar-refractivity contribution < 1.29 is 4.79 Å². The Balaban J connectivity index is 1.39. The summed E-state index contributed by atoms with van der Waals surface area (Å²) >= 11 is 5.21. The lowest BCUT2D eigenvalue weighted by atomic mass is 9.91. The predicted molar refractivity (Wildman–Crippen MR) is 123 cm³/mol. The molecule has 1 aliphatic rings. The summed E-state index contributed by atoms with van der Waals surface area (Å²) in [6.07, 6.45) is 5.42. The summed E-state index contributed by atoms with van der Waals surface area (Å²) in [7, 11) is 3.98. The van der Waals surface area contributed by atoms with Gasteiger partial charge in [-0.15, -0.1) is 0 Å². The van der Waals surface area contributed by atoms with Crippen molar-refractivity contribution >= 4 is 40.8 Å². The van der Waals surface area contributed by atoms with E-state index in [1.807, 2.05) is 43.3 Å². The van der Waals surface area contributed by atoms with Crippen LogP contribution in [0, 0.1) is 4.64 Å². The van der Waals surface area contributed by atoms with Gasteiger partial charge in [0, 0.05) is 37.8 Å². The summed E-state index contributed by atoms with van der Waals surface area (Å²) in [4.78, 5) is 26.8. The Kier molecular flexibility index (Phi) is 5.94. The van der Waals surface area contributed by atoms with Crippen LogP contribution in [-0.4, -0.2) is 47.0 Å². The van der Waals surface area contributed by atoms with Gasteiger partial charge < -0.3 is 20.5 Å². The first-order chi connectivity index (χ1) is 14.5. The number of anilines is 2. The van der Waals surface area contributed by atoms with Crippen molar-refractivity contribution in [2.45, 2.75) is 37.8 Å². The quantitative estimate of drug-likeness (QED) is 0.541. The molecule has 1 aliphatic carbocycles. The number of nitrogens with zero attached hydrogens (tertiary/aromatic N) is 3. The van der Waals surface area contributed by atoms with Crippen molar-refractivity contribution in [3.63, 3.8) is 0 Å². The van der Waals surface area contributed by atoms with Crippen LogP contribution in [0.25, 0.3) is 10.9 Å². The van der Waals surface area contributed by atoms with E-state index in [0.29, 0.717) is 16.2 Å². The lowest BCUT2D eigenvalue weighted by Crippen LogP contribution is -2.40. The molecule has 2 aromatic heterocycles. The molecule has 156 valence electrons. The van der Waals surface area contributed by atoms with Crippen LogP contribution in [-0.2, 0) is 0 Å². The van der Waals surface area contributed by atoms with E-state index in [0.717, 1.165) is 42.4 Å². The van der Waals surface area contributed by atoms with E-state index in [1.54, 1.807) is 18.3 Å². The van der Waals surface area contributed by atoms with Gasteiger partial charge >= 0.3 is 0 Å². The maximum absolute atomic E-state index is 12.5. The molecule has 4 rings (SSSR count). The third-order valence-corrected chi connectivity index (χ3v) is 5.80. The molecule has 8 heteroatoms. The lowest BCUT2D eigenvalue weighted by molar-refractivity contribution is 0.0925. The van der Waals surface area contributed by atoms with Crippen molar-refractivity contribution in [2.24, 2.45) is 0 Å². The van der Waals surface area contributed by atoms with Crippen LogP contribution in [0.3, 0.4) is 0 Å². The van der Waals surface area contributed by atoms with Gasteiger partial charge in [-0.3, -0.25) is 4.79 Å². The Hall–Kier alpha value is -3.00. The molecule has 30 heavy (non-hydrogen) atoms. The number of amides is 1. The topological polar surface area (TPSA) is 85.9 Å². The van der Waals surface area contributed by atoms with Crippen LogP contribution < -0.4 is 15.5 Å². The Morgan fingerprint density at radius 2 is 1.80 bits per heavy atom. The van der Waals surface area contributed by atoms with Crippen LogP contribution in [0.4, 0.5) is 11.8 Å². The van der Waals surface area contributed by atoms with Crippen LogP contribution in [0.5, 0.6) is 0 Å². The fraction of sp³-hybridized carbons (Fsp3) is 0.364. The van der Waals surface area contributed by atoms with Crippen LogP contribution in [0.15, 0.2) is 42.6 Å². The minimum absolute atomic E-state index is 0.109. The zero-order chi connectivity index (χ0) is 21.1. The molecular formula is C22H26N6OS. The highest BCUT2D eigenvalue weighted by Crippen LogP contribution is 2.26. The molecule has 0 radical (unpaired) electrons. The molecule has 0 unspecified atom stereocenters. The third kappa shape index (κ3) is 4.43. The summed E-state index contributed by atoms with van der Waals surface area (Å²) in [5, 5.41) is 7.66. The van der Waals surface area contributed by atoms with Crippen LogP contribution in [0.2, 0.25) is 0 Å². The largest absolute Gasteiger partial charge is 0.362 e. The molecule has 1 fully saturated rings. The van der Waals surface area contributed by atoms with Crippen molar-refractivity contribution in [2.75, 3.05) is 24.3 Å². The minimum Gasteiger partial charge on any atom is -0.362 e. The van der Waals surface area contributed by atoms with Gasteiger partial charge in [-0.25, -0.2) is 4.98 Å². The summed E-state index contributed by atoms with van der Waals surface area (Å²) in [5.41, 5.74) is 1.45. The molecule has 1 amide bonds. The van der Waals surface area contributed by atoms with Crippen molar-refractivity contribution in [3.05, 3.63) is 52.8 Å². The Morgan fingerprint density at radius 1 is 1.07 bits per heavy atom. The molecule has 0 spiro atoms. The van der Waals surface area contributed by atoms with Gasteiger partial charge in [0.25, 0.3) is 5.91 Å². The van der Waals surface area contributed by atoms with Crippen molar-refractivity contribution in [1.29, 1.82) is 0 Å². The molecule has 0 saturated heterocycles. The first kappa shape index (κ1) is 20.3. The first-order valence-electron chi connectivity index (χ1n) is 10.2. The van der Waals surface area contributed by atoms with Gasteiger partial charge in [-0.1, -0.05) is 24.4 Å². The van der Waals surface area contributed by atoms with Gasteiger partial charge in [0.15, 0.2) is 0 Å². The molecule has 0 aliphatic heterocycles. The molecule has 3 N–H and O–H groups in total. The second-order valence-electron chi connectivity index (χ2n) is 7.86. The number of carbonyl (C=O) groups is 1. The average molecular weight is 423 g/mol. The van der Waals surface area contributed by atoms with E-state index in [1.165, 1.54) is 0 Å². The number of pyridine rings is 1. The number of hydrogen-bond acceptors (Lipinski definition) is 6. The standard InChI is InChI=1S/C22H26N6OS/c1-28(2)19-16-6-3-4-8-18(16)26-22(27-19)25-15-11-9-14(10-12-15)24-20(29)17-7-5-13-23-21(17)30/h3-8,13-15H,9-12H2,1-2H3,(H,23,30)(H,24,29)(H,25,26,27). The molecular weight excluding hydrogens is 396 g/mol. The van der Waals surface area contributed by atoms with Gasteiger partial charge in [0.05, 0.1) is 11.1 Å². The van der Waals surface area contributed by atoms with Gasteiger partial charge in [-0.05, 0) is 49.9 Å². The number of nitrogens with one attached hydrogen (secondary N) is 3. The average Bonchev–Trinajstić information content (AvgIpc) is 2.74. The maximum Gasteiger partial charge on any atom is 0.254 e. The smallest absolute Gasteiger partial charge is 0.254 e. The second kappa shape index (κ2) is 8.79. The van der Waals surface area contributed by atoms with E-state index >= 15 is 0 Å². The Labute approximate surface area is 180 Å². The van der Waals surface area contributed by atoms with Crippen LogP contribution in [0.1, 0.15) is 36.0 Å². The molecule has 7 nitrogen and oxygen atoms in total. The van der Waals surface area contributed by atoms with Gasteiger partial charge in [0.2, 0.25) is 5.95 Å². The third-order valence-electron chi connectivity index (χ3n) is 5.47. The number of H-pyrrole nitrogens is 1. The fourth-order valence-corrected chi connectivity index (χ4v) is 4.12. The number of hydrogen-bond donors (Lipinski definition) is 3. The Bertz CT molecular complexity index is 1100. The van der Waals surface area contributed by atoms with Gasteiger partial charge in [0.1, 0.15) is 10.5 Å². The number of aromatic amines is 1. The van der Waals surface area contributed by atoms with Crippen LogP contribution >= 0.6 is 12.2 Å². The van der Waals surface area contributed by atoms with E-state index < -0.39 is 0 Å². The summed E-state index contributed by atoms with van der Waals surface area (Å²) in [5.74, 6) is 1.45. The molecule has 2 heterocycles. The molecule has 0 atom stereocenters. The first-order valence-corrected chi connectivity index (χ1v) is 10.6.